The van der Waals surface area contributed by atoms with Gasteiger partial charge >= 0.3 is 0 Å². The molecule has 4 aromatic carbocycles. The highest BCUT2D eigenvalue weighted by Crippen LogP contribution is 2.41. The summed E-state index contributed by atoms with van der Waals surface area (Å²) in [5.74, 6) is -0.147. The fraction of sp³-hybridized carbons (Fsp3) is 0.182. The minimum atomic E-state index is -0.841. The number of furan rings is 1. The normalized spacial score (nSPS) is 11.9. The SMILES string of the molecule is Cc1cc2c(oc3ccccc32)c(-c2c3ccc(-c4c(F)cccc4[Si](C)C)c(C)c3cc[n+]2C)c1C. The van der Waals surface area contributed by atoms with Gasteiger partial charge in [0.25, 0.3) is 0 Å². The van der Waals surface area contributed by atoms with E-state index in [1.54, 1.807) is 6.07 Å². The van der Waals surface area contributed by atoms with Gasteiger partial charge in [-0.2, -0.15) is 0 Å². The Morgan fingerprint density at radius 3 is 2.32 bits per heavy atom. The van der Waals surface area contributed by atoms with Crippen molar-refractivity contribution in [3.63, 3.8) is 0 Å². The standard InChI is InChI=1S/C33H30FNOSi/c1-19-18-26-24-10-7-8-12-28(24)36-33(26)30(20(19)2)32-25-15-14-23(21(3)22(25)16-17-35(32)4)31-27(34)11-9-13-29(31)37(5)6/h7-18H,1-6H3/q+1. The van der Waals surface area contributed by atoms with Crippen LogP contribution in [0.2, 0.25) is 13.1 Å². The van der Waals surface area contributed by atoms with Crippen molar-refractivity contribution in [2.75, 3.05) is 0 Å². The van der Waals surface area contributed by atoms with Gasteiger partial charge in [-0.15, -0.1) is 0 Å². The molecule has 37 heavy (non-hydrogen) atoms. The van der Waals surface area contributed by atoms with Gasteiger partial charge in [-0.25, -0.2) is 8.96 Å². The van der Waals surface area contributed by atoms with Crippen LogP contribution in [0.3, 0.4) is 0 Å². The van der Waals surface area contributed by atoms with Gasteiger partial charge < -0.3 is 4.42 Å². The summed E-state index contributed by atoms with van der Waals surface area (Å²) < 4.78 is 23.9. The predicted molar refractivity (Wildman–Crippen MR) is 155 cm³/mol. The average molecular weight is 504 g/mol. The van der Waals surface area contributed by atoms with E-state index in [9.17, 15) is 0 Å². The molecule has 2 heterocycles. The van der Waals surface area contributed by atoms with E-state index in [0.29, 0.717) is 0 Å². The van der Waals surface area contributed by atoms with E-state index in [1.165, 1.54) is 11.1 Å². The highest BCUT2D eigenvalue weighted by molar-refractivity contribution is 6.72. The first-order valence-corrected chi connectivity index (χ1v) is 15.2. The number of hydrogen-bond donors (Lipinski definition) is 0. The minimum absolute atomic E-state index is 0.147. The molecule has 2 nitrogen and oxygen atoms in total. The lowest BCUT2D eigenvalue weighted by Crippen LogP contribution is -2.31. The van der Waals surface area contributed by atoms with E-state index in [4.69, 9.17) is 4.42 Å². The Hall–Kier alpha value is -3.76. The Balaban J connectivity index is 1.70. The average Bonchev–Trinajstić information content (AvgIpc) is 3.24. The van der Waals surface area contributed by atoms with E-state index in [-0.39, 0.29) is 5.82 Å². The maximum absolute atomic E-state index is 15.3. The summed E-state index contributed by atoms with van der Waals surface area (Å²) in [7, 11) is 1.25. The molecule has 0 saturated carbocycles. The van der Waals surface area contributed by atoms with E-state index < -0.39 is 8.80 Å². The van der Waals surface area contributed by atoms with E-state index in [1.807, 2.05) is 18.2 Å². The van der Waals surface area contributed by atoms with Crippen LogP contribution in [0, 0.1) is 26.6 Å². The van der Waals surface area contributed by atoms with Crippen LogP contribution < -0.4 is 9.75 Å². The third-order valence-corrected chi connectivity index (χ3v) is 9.33. The second-order valence-electron chi connectivity index (χ2n) is 10.3. The summed E-state index contributed by atoms with van der Waals surface area (Å²) >= 11 is 0. The first-order chi connectivity index (χ1) is 17.8. The topological polar surface area (TPSA) is 17.0 Å². The van der Waals surface area contributed by atoms with Crippen molar-refractivity contribution in [1.29, 1.82) is 0 Å². The molecule has 0 aliphatic rings. The molecule has 0 aliphatic heterocycles. The number of hydrogen-bond acceptors (Lipinski definition) is 1. The summed E-state index contributed by atoms with van der Waals surface area (Å²) in [5.41, 5.74) is 9.30. The quantitative estimate of drug-likeness (QED) is 0.177. The molecule has 183 valence electrons. The molecule has 0 atom stereocenters. The Morgan fingerprint density at radius 2 is 1.54 bits per heavy atom. The second kappa shape index (κ2) is 8.67. The van der Waals surface area contributed by atoms with Crippen molar-refractivity contribution < 1.29 is 13.4 Å². The van der Waals surface area contributed by atoms with Crippen LogP contribution in [-0.2, 0) is 7.05 Å². The summed E-state index contributed by atoms with van der Waals surface area (Å²) in [5, 5.41) is 5.67. The molecule has 0 unspecified atom stereocenters. The van der Waals surface area contributed by atoms with Crippen molar-refractivity contribution >= 4 is 46.7 Å². The third-order valence-electron chi connectivity index (χ3n) is 7.83. The molecule has 0 fully saturated rings. The first-order valence-electron chi connectivity index (χ1n) is 12.7. The number of aromatic nitrogens is 1. The fourth-order valence-electron chi connectivity index (χ4n) is 5.77. The van der Waals surface area contributed by atoms with E-state index in [0.717, 1.165) is 65.8 Å². The van der Waals surface area contributed by atoms with Crippen molar-refractivity contribution in [2.24, 2.45) is 7.05 Å². The molecule has 0 saturated heterocycles. The van der Waals surface area contributed by atoms with Crippen molar-refractivity contribution in [2.45, 2.75) is 33.9 Å². The molecule has 0 bridgehead atoms. The summed E-state index contributed by atoms with van der Waals surface area (Å²) in [6.07, 6.45) is 2.11. The van der Waals surface area contributed by atoms with Gasteiger partial charge in [-0.1, -0.05) is 54.7 Å². The molecule has 1 radical (unpaired) electrons. The number of para-hydroxylation sites is 1. The molecule has 0 aliphatic carbocycles. The summed E-state index contributed by atoms with van der Waals surface area (Å²) in [6.45, 7) is 10.9. The number of pyridine rings is 1. The van der Waals surface area contributed by atoms with Gasteiger partial charge in [0, 0.05) is 22.4 Å². The molecular formula is C33H30FNOSi+. The lowest BCUT2D eigenvalue weighted by molar-refractivity contribution is -0.659. The number of nitrogens with zero attached hydrogens (tertiary/aromatic N) is 1. The largest absolute Gasteiger partial charge is 0.455 e. The fourth-order valence-corrected chi connectivity index (χ4v) is 6.95. The number of fused-ring (bicyclic) bond motifs is 4. The highest BCUT2D eigenvalue weighted by Gasteiger charge is 2.26. The second-order valence-corrected chi connectivity index (χ2v) is 12.8. The molecule has 0 amide bonds. The summed E-state index contributed by atoms with van der Waals surface area (Å²) in [6, 6.07) is 22.4. The lowest BCUT2D eigenvalue weighted by Gasteiger charge is -2.17. The number of aryl methyl sites for hydroxylation is 3. The molecule has 6 aromatic rings. The van der Waals surface area contributed by atoms with Gasteiger partial charge in [-0.3, -0.25) is 0 Å². The first kappa shape index (κ1) is 23.6. The van der Waals surface area contributed by atoms with Crippen LogP contribution >= 0.6 is 0 Å². The highest BCUT2D eigenvalue weighted by atomic mass is 28.3. The molecule has 6 rings (SSSR count). The van der Waals surface area contributed by atoms with Gasteiger partial charge in [0.1, 0.15) is 24.0 Å². The molecule has 4 heteroatoms. The molecule has 2 aromatic heterocycles. The molecular weight excluding hydrogens is 473 g/mol. The third kappa shape index (κ3) is 3.54. The smallest absolute Gasteiger partial charge is 0.224 e. The van der Waals surface area contributed by atoms with Crippen molar-refractivity contribution in [1.82, 2.24) is 0 Å². The van der Waals surface area contributed by atoms with Crippen LogP contribution in [0.4, 0.5) is 4.39 Å². The van der Waals surface area contributed by atoms with Gasteiger partial charge in [0.05, 0.1) is 19.7 Å². The Kier molecular flexibility index (Phi) is 5.54. The number of rotatable bonds is 3. The lowest BCUT2D eigenvalue weighted by atomic mass is 9.90. The maximum Gasteiger partial charge on any atom is 0.224 e. The zero-order valence-electron chi connectivity index (χ0n) is 22.2. The van der Waals surface area contributed by atoms with Crippen molar-refractivity contribution in [3.05, 3.63) is 95.4 Å². The maximum atomic E-state index is 15.3. The van der Waals surface area contributed by atoms with Crippen LogP contribution in [-0.4, -0.2) is 8.80 Å². The Morgan fingerprint density at radius 1 is 0.757 bits per heavy atom. The van der Waals surface area contributed by atoms with Crippen LogP contribution in [0.5, 0.6) is 0 Å². The summed E-state index contributed by atoms with van der Waals surface area (Å²) in [4.78, 5) is 0. The number of halogens is 1. The monoisotopic (exact) mass is 503 g/mol. The number of benzene rings is 4. The van der Waals surface area contributed by atoms with Crippen LogP contribution in [0.15, 0.2) is 77.3 Å². The zero-order chi connectivity index (χ0) is 26.0. The van der Waals surface area contributed by atoms with E-state index >= 15 is 4.39 Å². The van der Waals surface area contributed by atoms with Gasteiger partial charge in [0.2, 0.25) is 5.69 Å². The van der Waals surface area contributed by atoms with Crippen LogP contribution in [0.25, 0.3) is 55.1 Å². The van der Waals surface area contributed by atoms with Gasteiger partial charge in [-0.05, 0) is 72.7 Å². The molecule has 0 N–H and O–H groups in total. The van der Waals surface area contributed by atoms with Crippen LogP contribution in [0.1, 0.15) is 16.7 Å². The Labute approximate surface area is 218 Å². The Bertz CT molecular complexity index is 1860. The van der Waals surface area contributed by atoms with Crippen molar-refractivity contribution in [3.8, 4) is 22.4 Å². The zero-order valence-corrected chi connectivity index (χ0v) is 23.2. The predicted octanol–water partition coefficient (Wildman–Crippen LogP) is 7.92. The van der Waals surface area contributed by atoms with E-state index in [2.05, 4.69) is 94.1 Å². The van der Waals surface area contributed by atoms with Gasteiger partial charge in [0.15, 0.2) is 6.20 Å². The minimum Gasteiger partial charge on any atom is -0.455 e. The molecule has 0 spiro atoms.